The molecule has 0 aromatic heterocycles. The summed E-state index contributed by atoms with van der Waals surface area (Å²) in [6, 6.07) is 152. The highest BCUT2D eigenvalue weighted by Gasteiger charge is 2.37. The number of hydrogen-bond donors (Lipinski definition) is 0. The number of hydrogen-bond acceptors (Lipinski definition) is 6. The van der Waals surface area contributed by atoms with Gasteiger partial charge in [0, 0.05) is 121 Å². The van der Waals surface area contributed by atoms with Crippen LogP contribution < -0.4 is 28.4 Å². The van der Waals surface area contributed by atoms with Crippen LogP contribution in [0.2, 0.25) is 0 Å². The van der Waals surface area contributed by atoms with Gasteiger partial charge in [0.05, 0.1) is 0 Å². The van der Waals surface area contributed by atoms with Crippen molar-refractivity contribution in [1.82, 2.24) is 0 Å². The van der Waals surface area contributed by atoms with Gasteiger partial charge in [0.25, 0.3) is 0 Å². The van der Waals surface area contributed by atoms with Gasteiger partial charge in [0.2, 0.25) is 0 Å². The van der Waals surface area contributed by atoms with E-state index < -0.39 is 0 Å². The second kappa shape index (κ2) is 28.0. The summed E-state index contributed by atoms with van der Waals surface area (Å²) in [7, 11) is 0. The van der Waals surface area contributed by atoms with Gasteiger partial charge in [-0.1, -0.05) is 315 Å². The summed E-state index contributed by atoms with van der Waals surface area (Å²) in [4.78, 5) is 0. The fourth-order valence-corrected chi connectivity index (χ4v) is 22.3. The van der Waals surface area contributed by atoms with Crippen molar-refractivity contribution in [1.29, 1.82) is 0 Å². The first-order chi connectivity index (χ1) is 65.4. The highest BCUT2D eigenvalue weighted by atomic mass is 16.5. The van der Waals surface area contributed by atoms with Crippen LogP contribution in [-0.4, -0.2) is 0 Å². The first-order valence-corrected chi connectivity index (χ1v) is 45.1. The summed E-state index contributed by atoms with van der Waals surface area (Å²) in [6.45, 7) is 0. The predicted molar refractivity (Wildman–Crippen MR) is 544 cm³/mol. The molecule has 6 heterocycles. The number of rotatable bonds is 4. The van der Waals surface area contributed by atoms with E-state index in [2.05, 4.69) is 425 Å². The molecular weight excluding hydrogens is 1610 g/mol. The number of fused-ring (bicyclic) bond motifs is 31. The Morgan fingerprint density at radius 3 is 0.652 bits per heavy atom. The minimum Gasteiger partial charge on any atom is -0.456 e. The van der Waals surface area contributed by atoms with Crippen LogP contribution in [0.4, 0.5) is 0 Å². The van der Waals surface area contributed by atoms with Crippen LogP contribution in [0.3, 0.4) is 0 Å². The van der Waals surface area contributed by atoms with E-state index in [9.17, 15) is 0 Å². The summed E-state index contributed by atoms with van der Waals surface area (Å²) in [5, 5.41) is 28.1. The molecule has 0 saturated carbocycles. The molecule has 0 atom stereocenters. The van der Waals surface area contributed by atoms with Crippen molar-refractivity contribution >= 4 is 129 Å². The van der Waals surface area contributed by atoms with Gasteiger partial charge >= 0.3 is 0 Å². The second-order valence-electron chi connectivity index (χ2n) is 35.3. The van der Waals surface area contributed by atoms with E-state index in [0.29, 0.717) is 0 Å². The average molecular weight is 1680 g/mol. The van der Waals surface area contributed by atoms with E-state index in [1.54, 1.807) is 0 Å². The molecule has 0 bridgehead atoms. The first kappa shape index (κ1) is 72.6. The largest absolute Gasteiger partial charge is 0.456 e. The summed E-state index contributed by atoms with van der Waals surface area (Å²) < 4.78 is 40.6. The van der Waals surface area contributed by atoms with Crippen LogP contribution in [0, 0.1) is 0 Å². The first-order valence-electron chi connectivity index (χ1n) is 45.1. The van der Waals surface area contributed by atoms with Gasteiger partial charge < -0.3 is 28.4 Å². The molecule has 0 N–H and O–H groups in total. The van der Waals surface area contributed by atoms with Crippen LogP contribution >= 0.6 is 0 Å². The molecular formula is C126H70O6. The third kappa shape index (κ3) is 10.7. The Bertz CT molecular complexity index is 8900. The lowest BCUT2D eigenvalue weighted by Crippen LogP contribution is -2.04. The SMILES string of the molecule is c1ccc(-c2ccc(-c3ccc4c(c3)-c3c5ccccc5c5c6c(ccc(c36)O4)Oc3ccc(-c4ccc(-c6ccccc6)cc4)cc3-5)cc2)cc1.c1ccc2c3c(ccc2c1)-c1c2ccccc2c2c4c(ccc(c14)O3)Oc1c-2ccc2ccccc12.c1ccc2cc3c4c(ccc3cc2c1)-c1c2ccccc2c2c3c(ccc(c13)O4)Oc1c-2ccc2cc3ccccc3cc12. The van der Waals surface area contributed by atoms with Crippen molar-refractivity contribution < 1.29 is 28.4 Å². The molecule has 0 fully saturated rings. The molecule has 132 heavy (non-hydrogen) atoms. The molecule has 31 rings (SSSR count). The minimum atomic E-state index is 0.855. The monoisotopic (exact) mass is 1680 g/mol. The third-order valence-corrected chi connectivity index (χ3v) is 28.2. The number of ether oxygens (including phenoxy) is 6. The fourth-order valence-electron chi connectivity index (χ4n) is 22.3. The molecule has 610 valence electrons. The molecule has 6 heteroatoms. The quantitative estimate of drug-likeness (QED) is 0.164. The zero-order valence-electron chi connectivity index (χ0n) is 70.9. The van der Waals surface area contributed by atoms with Gasteiger partial charge in [0.15, 0.2) is 0 Å². The minimum absolute atomic E-state index is 0.855. The van der Waals surface area contributed by atoms with E-state index in [4.69, 9.17) is 28.4 Å². The van der Waals surface area contributed by atoms with Gasteiger partial charge in [-0.25, -0.2) is 0 Å². The van der Waals surface area contributed by atoms with Crippen molar-refractivity contribution in [3.8, 4) is 180 Å². The lowest BCUT2D eigenvalue weighted by molar-refractivity contribution is 0.476. The predicted octanol–water partition coefficient (Wildman–Crippen LogP) is 36.2. The summed E-state index contributed by atoms with van der Waals surface area (Å²) >= 11 is 0. The average Bonchev–Trinajstić information content (AvgIpc) is 0.699. The van der Waals surface area contributed by atoms with E-state index in [1.807, 2.05) is 0 Å². The molecule has 6 aliphatic heterocycles. The van der Waals surface area contributed by atoms with Crippen LogP contribution in [0.1, 0.15) is 0 Å². The molecule has 0 saturated heterocycles. The van der Waals surface area contributed by atoms with Crippen molar-refractivity contribution in [2.75, 3.05) is 0 Å². The molecule has 0 radical (unpaired) electrons. The topological polar surface area (TPSA) is 55.4 Å². The molecule has 6 aliphatic rings. The van der Waals surface area contributed by atoms with Crippen molar-refractivity contribution in [3.05, 3.63) is 425 Å². The fraction of sp³-hybridized carbons (Fsp3) is 0. The lowest BCUT2D eigenvalue weighted by Gasteiger charge is -2.30. The molecule has 0 aliphatic carbocycles. The van der Waals surface area contributed by atoms with E-state index >= 15 is 0 Å². The normalized spacial score (nSPS) is 12.6. The molecule has 25 aromatic rings. The molecule has 6 nitrogen and oxygen atoms in total. The van der Waals surface area contributed by atoms with Crippen molar-refractivity contribution in [2.24, 2.45) is 0 Å². The summed E-state index contributed by atoms with van der Waals surface area (Å²) in [5.41, 5.74) is 23.4. The van der Waals surface area contributed by atoms with E-state index in [1.165, 1.54) is 142 Å². The summed E-state index contributed by atoms with van der Waals surface area (Å²) in [5.74, 6) is 10.6. The Labute approximate surface area is 757 Å². The Kier molecular flexibility index (Phi) is 15.4. The van der Waals surface area contributed by atoms with Gasteiger partial charge in [-0.3, -0.25) is 0 Å². The number of benzene rings is 25. The Morgan fingerprint density at radius 2 is 0.333 bits per heavy atom. The third-order valence-electron chi connectivity index (χ3n) is 28.2. The Balaban J connectivity index is 0.0000000985. The molecule has 0 unspecified atom stereocenters. The van der Waals surface area contributed by atoms with Crippen LogP contribution in [0.25, 0.3) is 241 Å². The summed E-state index contributed by atoms with van der Waals surface area (Å²) in [6.07, 6.45) is 0. The van der Waals surface area contributed by atoms with Crippen LogP contribution in [-0.2, 0) is 0 Å². The maximum absolute atomic E-state index is 6.89. The van der Waals surface area contributed by atoms with E-state index in [-0.39, 0.29) is 0 Å². The van der Waals surface area contributed by atoms with Crippen LogP contribution in [0.15, 0.2) is 425 Å². The Hall–Kier alpha value is -17.6. The van der Waals surface area contributed by atoms with Crippen molar-refractivity contribution in [2.45, 2.75) is 0 Å². The lowest BCUT2D eigenvalue weighted by atomic mass is 9.82. The second-order valence-corrected chi connectivity index (χ2v) is 35.3. The van der Waals surface area contributed by atoms with Crippen LogP contribution in [0.5, 0.6) is 69.0 Å². The van der Waals surface area contributed by atoms with Crippen molar-refractivity contribution in [3.63, 3.8) is 0 Å². The standard InChI is InChI=1S/C50H30O2.C42H22O2.C34H18O2/c1-3-9-31(10-4-1)33-15-19-35(20-16-33)37-23-25-43-41(29-37)47-39-13-7-8-14-40(39)48-42-30-38(36-21-17-34(18-22-36)32-11-5-2-6-12-32)24-26-44(42)52-46-28-27-45(51-43)49(47)50(46)48;1-3-9-25-21-33-27(19-23(25)7-1)13-15-31-37-29-11-5-6-12-30(29)38-32-16-14-28-20-24-8-2-4-10-26(24)22-34(28)42(32)44-36-18-17-35(43-41(31)33)39(37)40(36)38;1-3-9-21-19(7-1)13-15-25-29-23-11-5-6-12-24(23)30-26-16-14-20-8-2-4-10-22(20)34(26)36-28-18-17-27(35-33(21)25)31(29)32(28)30/h1-30H;1-22H;1-18H. The molecule has 0 amide bonds. The van der Waals surface area contributed by atoms with Gasteiger partial charge in [0.1, 0.15) is 69.0 Å². The maximum Gasteiger partial charge on any atom is 0.143 e. The maximum atomic E-state index is 6.89. The highest BCUT2D eigenvalue weighted by molar-refractivity contribution is 6.32. The zero-order valence-corrected chi connectivity index (χ0v) is 70.9. The van der Waals surface area contributed by atoms with Gasteiger partial charge in [-0.15, -0.1) is 0 Å². The molecule has 0 spiro atoms. The van der Waals surface area contributed by atoms with Gasteiger partial charge in [-0.05, 0) is 229 Å². The highest BCUT2D eigenvalue weighted by Crippen LogP contribution is 2.65. The van der Waals surface area contributed by atoms with E-state index in [0.717, 1.165) is 167 Å². The molecule has 25 aromatic carbocycles. The zero-order chi connectivity index (χ0) is 86.1. The Morgan fingerprint density at radius 1 is 0.114 bits per heavy atom. The van der Waals surface area contributed by atoms with Gasteiger partial charge in [-0.2, -0.15) is 0 Å². The smallest absolute Gasteiger partial charge is 0.143 e.